The molecule has 0 spiro atoms. The van der Waals surface area contributed by atoms with Crippen LogP contribution in [0.3, 0.4) is 0 Å². The summed E-state index contributed by atoms with van der Waals surface area (Å²) < 4.78 is 0. The van der Waals surface area contributed by atoms with E-state index in [1.807, 2.05) is 26.8 Å². The Hall–Kier alpha value is -2.14. The van der Waals surface area contributed by atoms with Gasteiger partial charge in [0.15, 0.2) is 0 Å². The molecule has 0 unspecified atom stereocenters. The lowest BCUT2D eigenvalue weighted by molar-refractivity contribution is -0.132. The highest BCUT2D eigenvalue weighted by Crippen LogP contribution is 2.32. The fraction of sp³-hybridized carbons (Fsp3) is 0.389. The second-order valence-electron chi connectivity index (χ2n) is 5.56. The van der Waals surface area contributed by atoms with E-state index in [4.69, 9.17) is 11.6 Å². The number of nitrogens with zero attached hydrogens (tertiary/aromatic N) is 2. The highest BCUT2D eigenvalue weighted by molar-refractivity contribution is 6.35. The van der Waals surface area contributed by atoms with Gasteiger partial charge in [0.25, 0.3) is 0 Å². The Kier molecular flexibility index (Phi) is 6.15. The Morgan fingerprint density at radius 2 is 1.96 bits per heavy atom. The van der Waals surface area contributed by atoms with Crippen molar-refractivity contribution in [1.29, 1.82) is 0 Å². The summed E-state index contributed by atoms with van der Waals surface area (Å²) in [6.07, 6.45) is 2.02. The second-order valence-corrected chi connectivity index (χ2v) is 5.97. The summed E-state index contributed by atoms with van der Waals surface area (Å²) in [7, 11) is 0. The van der Waals surface area contributed by atoms with Crippen molar-refractivity contribution in [2.75, 3.05) is 18.4 Å². The Balaban J connectivity index is 2.13. The predicted molar refractivity (Wildman–Crippen MR) is 97.3 cm³/mol. The lowest BCUT2D eigenvalue weighted by atomic mass is 10.1. The van der Waals surface area contributed by atoms with Gasteiger partial charge >= 0.3 is 0 Å². The van der Waals surface area contributed by atoms with Crippen LogP contribution in [0.25, 0.3) is 10.9 Å². The molecule has 0 saturated heterocycles. The van der Waals surface area contributed by atoms with Crippen LogP contribution in [0.4, 0.5) is 5.69 Å². The van der Waals surface area contributed by atoms with Crippen LogP contribution in [-0.4, -0.2) is 34.8 Å². The SMILES string of the molecule is CCN(CC)C(=O)CCC(=O)Nc1c(Cl)cc(C)c2ncccc12. The molecule has 1 N–H and O–H groups in total. The molecule has 0 aliphatic rings. The van der Waals surface area contributed by atoms with Gasteiger partial charge in [-0.25, -0.2) is 0 Å². The number of hydrogen-bond donors (Lipinski definition) is 1. The maximum atomic E-state index is 12.2. The molecule has 0 aliphatic carbocycles. The van der Waals surface area contributed by atoms with Crippen molar-refractivity contribution in [3.63, 3.8) is 0 Å². The monoisotopic (exact) mass is 347 g/mol. The zero-order valence-electron chi connectivity index (χ0n) is 14.2. The molecule has 128 valence electrons. The largest absolute Gasteiger partial charge is 0.343 e. The number of benzene rings is 1. The number of aromatic nitrogens is 1. The summed E-state index contributed by atoms with van der Waals surface area (Å²) in [5, 5.41) is 4.10. The van der Waals surface area contributed by atoms with Gasteiger partial charge in [0, 0.05) is 37.5 Å². The molecule has 2 rings (SSSR count). The van der Waals surface area contributed by atoms with E-state index in [9.17, 15) is 9.59 Å². The number of pyridine rings is 1. The molecular formula is C18H22ClN3O2. The van der Waals surface area contributed by atoms with Gasteiger partial charge in [0.05, 0.1) is 16.2 Å². The summed E-state index contributed by atoms with van der Waals surface area (Å²) in [4.78, 5) is 30.3. The molecule has 0 bridgehead atoms. The van der Waals surface area contributed by atoms with E-state index in [0.29, 0.717) is 23.8 Å². The predicted octanol–water partition coefficient (Wildman–Crippen LogP) is 3.78. The fourth-order valence-electron chi connectivity index (χ4n) is 2.66. The third-order valence-corrected chi connectivity index (χ3v) is 4.28. The summed E-state index contributed by atoms with van der Waals surface area (Å²) in [6.45, 7) is 7.07. The average Bonchev–Trinajstić information content (AvgIpc) is 2.58. The first kappa shape index (κ1) is 18.2. The van der Waals surface area contributed by atoms with Gasteiger partial charge in [-0.2, -0.15) is 0 Å². The van der Waals surface area contributed by atoms with Gasteiger partial charge in [0.2, 0.25) is 11.8 Å². The molecular weight excluding hydrogens is 326 g/mol. The number of fused-ring (bicyclic) bond motifs is 1. The van der Waals surface area contributed by atoms with E-state index < -0.39 is 0 Å². The lowest BCUT2D eigenvalue weighted by Crippen LogP contribution is -2.31. The lowest BCUT2D eigenvalue weighted by Gasteiger charge is -2.18. The third-order valence-electron chi connectivity index (χ3n) is 3.98. The summed E-state index contributed by atoms with van der Waals surface area (Å²) in [5.74, 6) is -0.247. The number of amides is 2. The number of carbonyl (C=O) groups is 2. The van der Waals surface area contributed by atoms with Gasteiger partial charge in [-0.3, -0.25) is 14.6 Å². The molecule has 1 aromatic carbocycles. The van der Waals surface area contributed by atoms with Crippen molar-refractivity contribution in [1.82, 2.24) is 9.88 Å². The molecule has 5 nitrogen and oxygen atoms in total. The highest BCUT2D eigenvalue weighted by atomic mass is 35.5. The maximum Gasteiger partial charge on any atom is 0.224 e. The number of anilines is 1. The van der Waals surface area contributed by atoms with Crippen molar-refractivity contribution in [2.24, 2.45) is 0 Å². The molecule has 1 heterocycles. The van der Waals surface area contributed by atoms with Crippen molar-refractivity contribution < 1.29 is 9.59 Å². The quantitative estimate of drug-likeness (QED) is 0.864. The first-order chi connectivity index (χ1) is 11.5. The van der Waals surface area contributed by atoms with Crippen LogP contribution in [0.2, 0.25) is 5.02 Å². The van der Waals surface area contributed by atoms with Crippen molar-refractivity contribution in [3.05, 3.63) is 35.0 Å². The molecule has 2 amide bonds. The molecule has 24 heavy (non-hydrogen) atoms. The Morgan fingerprint density at radius 1 is 1.25 bits per heavy atom. The number of nitrogens with one attached hydrogen (secondary N) is 1. The van der Waals surface area contributed by atoms with Crippen molar-refractivity contribution in [3.8, 4) is 0 Å². The first-order valence-electron chi connectivity index (χ1n) is 8.09. The van der Waals surface area contributed by atoms with Gasteiger partial charge in [0.1, 0.15) is 0 Å². The Labute approximate surface area is 147 Å². The first-order valence-corrected chi connectivity index (χ1v) is 8.47. The molecule has 0 radical (unpaired) electrons. The molecule has 2 aromatic rings. The van der Waals surface area contributed by atoms with Gasteiger partial charge in [-0.15, -0.1) is 0 Å². The number of hydrogen-bond acceptors (Lipinski definition) is 3. The normalized spacial score (nSPS) is 10.7. The van der Waals surface area contributed by atoms with E-state index >= 15 is 0 Å². The molecule has 0 aliphatic heterocycles. The Bertz CT molecular complexity index is 757. The van der Waals surface area contributed by atoms with Gasteiger partial charge in [-0.1, -0.05) is 11.6 Å². The number of rotatable bonds is 6. The summed E-state index contributed by atoms with van der Waals surface area (Å²) in [5.41, 5.74) is 2.30. The third kappa shape index (κ3) is 4.03. The number of aryl methyl sites for hydroxylation is 1. The minimum absolute atomic E-state index is 0.0170. The van der Waals surface area contributed by atoms with E-state index in [1.165, 1.54) is 0 Å². The summed E-state index contributed by atoms with van der Waals surface area (Å²) in [6, 6.07) is 5.46. The number of carbonyl (C=O) groups excluding carboxylic acids is 2. The Morgan fingerprint density at radius 3 is 2.62 bits per heavy atom. The van der Waals surface area contributed by atoms with Crippen LogP contribution < -0.4 is 5.32 Å². The van der Waals surface area contributed by atoms with Gasteiger partial charge in [-0.05, 0) is 44.5 Å². The molecule has 0 atom stereocenters. The summed E-state index contributed by atoms with van der Waals surface area (Å²) >= 11 is 6.29. The van der Waals surface area contributed by atoms with E-state index in [-0.39, 0.29) is 24.7 Å². The van der Waals surface area contributed by atoms with Crippen LogP contribution >= 0.6 is 11.6 Å². The molecule has 1 aromatic heterocycles. The van der Waals surface area contributed by atoms with Crippen LogP contribution in [0.15, 0.2) is 24.4 Å². The van der Waals surface area contributed by atoms with E-state index in [0.717, 1.165) is 16.5 Å². The van der Waals surface area contributed by atoms with E-state index in [2.05, 4.69) is 10.3 Å². The maximum absolute atomic E-state index is 12.2. The molecule has 6 heteroatoms. The average molecular weight is 348 g/mol. The van der Waals surface area contributed by atoms with Crippen LogP contribution in [-0.2, 0) is 9.59 Å². The standard InChI is InChI=1S/C18H22ClN3O2/c1-4-22(5-2)16(24)9-8-15(23)21-18-13-7-6-10-20-17(13)12(3)11-14(18)19/h6-7,10-11H,4-5,8-9H2,1-3H3,(H,21,23). The fourth-order valence-corrected chi connectivity index (χ4v) is 2.98. The molecule has 0 saturated carbocycles. The van der Waals surface area contributed by atoms with E-state index in [1.54, 1.807) is 23.2 Å². The second kappa shape index (κ2) is 8.11. The highest BCUT2D eigenvalue weighted by Gasteiger charge is 2.15. The van der Waals surface area contributed by atoms with Crippen molar-refractivity contribution in [2.45, 2.75) is 33.6 Å². The topological polar surface area (TPSA) is 62.3 Å². The van der Waals surface area contributed by atoms with Gasteiger partial charge < -0.3 is 10.2 Å². The minimum atomic E-state index is -0.230. The molecule has 0 fully saturated rings. The van der Waals surface area contributed by atoms with Crippen molar-refractivity contribution >= 4 is 40.0 Å². The van der Waals surface area contributed by atoms with Crippen LogP contribution in [0.5, 0.6) is 0 Å². The zero-order chi connectivity index (χ0) is 17.7. The van der Waals surface area contributed by atoms with Crippen LogP contribution in [0, 0.1) is 6.92 Å². The number of halogens is 1. The van der Waals surface area contributed by atoms with Crippen LogP contribution in [0.1, 0.15) is 32.3 Å². The minimum Gasteiger partial charge on any atom is -0.343 e. The smallest absolute Gasteiger partial charge is 0.224 e. The zero-order valence-corrected chi connectivity index (χ0v) is 15.0.